The summed E-state index contributed by atoms with van der Waals surface area (Å²) in [7, 11) is 4.03. The van der Waals surface area contributed by atoms with Gasteiger partial charge >= 0.3 is 0 Å². The second kappa shape index (κ2) is 7.84. The van der Waals surface area contributed by atoms with Crippen LogP contribution < -0.4 is 10.3 Å². The van der Waals surface area contributed by atoms with Crippen molar-refractivity contribution in [1.82, 2.24) is 15.2 Å². The molecule has 0 atom stereocenters. The summed E-state index contributed by atoms with van der Waals surface area (Å²) in [6, 6.07) is 8.14. The lowest BCUT2D eigenvalue weighted by atomic mass is 10.2. The third-order valence-corrected chi connectivity index (χ3v) is 4.08. The fourth-order valence-corrected chi connectivity index (χ4v) is 2.38. The van der Waals surface area contributed by atoms with Crippen molar-refractivity contribution in [3.8, 4) is 0 Å². The van der Waals surface area contributed by atoms with Crippen molar-refractivity contribution in [1.29, 1.82) is 0 Å². The summed E-state index contributed by atoms with van der Waals surface area (Å²) in [5, 5.41) is 11.9. The molecule has 0 aliphatic carbocycles. The van der Waals surface area contributed by atoms with Crippen LogP contribution in [0.15, 0.2) is 34.5 Å². The van der Waals surface area contributed by atoms with E-state index in [1.54, 1.807) is 18.0 Å². The van der Waals surface area contributed by atoms with Crippen molar-refractivity contribution in [2.75, 3.05) is 30.2 Å². The molecule has 0 aliphatic rings. The van der Waals surface area contributed by atoms with Gasteiger partial charge in [0.1, 0.15) is 0 Å². The number of thioether (sulfide) groups is 1. The molecule has 0 amide bonds. The van der Waals surface area contributed by atoms with E-state index in [1.807, 2.05) is 26.2 Å². The number of rotatable bonds is 7. The summed E-state index contributed by atoms with van der Waals surface area (Å²) in [5.41, 5.74) is 5.03. The molecule has 22 heavy (non-hydrogen) atoms. The first kappa shape index (κ1) is 16.4. The third-order valence-electron chi connectivity index (χ3n) is 2.80. The Hall–Kier alpha value is -2.02. The number of hydrogen-bond acceptors (Lipinski definition) is 6. The molecule has 1 aromatic carbocycles. The molecule has 6 nitrogen and oxygen atoms in total. The van der Waals surface area contributed by atoms with Crippen molar-refractivity contribution in [2.45, 2.75) is 19.0 Å². The molecule has 0 unspecified atom stereocenters. The standard InChI is InChI=1S/C15H22N6S/c1-11(2)10-22-15-17-14(19-20-15)18-16-9-12-5-7-13(8-6-12)21(3)4/h5-9,11H,10H2,1-4H3,(H2,17,18,19,20)/b16-9-. The molecule has 0 spiro atoms. The highest BCUT2D eigenvalue weighted by molar-refractivity contribution is 7.99. The van der Waals surface area contributed by atoms with Crippen LogP contribution in [0.4, 0.5) is 11.6 Å². The Morgan fingerprint density at radius 1 is 1.32 bits per heavy atom. The lowest BCUT2D eigenvalue weighted by molar-refractivity contribution is 0.748. The minimum Gasteiger partial charge on any atom is -0.378 e. The number of nitrogens with one attached hydrogen (secondary N) is 2. The highest BCUT2D eigenvalue weighted by Gasteiger charge is 2.04. The van der Waals surface area contributed by atoms with Gasteiger partial charge in [-0.15, -0.1) is 5.10 Å². The smallest absolute Gasteiger partial charge is 0.240 e. The average molecular weight is 318 g/mol. The Morgan fingerprint density at radius 2 is 2.05 bits per heavy atom. The van der Waals surface area contributed by atoms with Crippen LogP contribution in [-0.2, 0) is 0 Å². The lowest BCUT2D eigenvalue weighted by Crippen LogP contribution is -2.08. The van der Waals surface area contributed by atoms with Gasteiger partial charge in [0.25, 0.3) is 0 Å². The van der Waals surface area contributed by atoms with Crippen LogP contribution in [0.2, 0.25) is 0 Å². The minimum atomic E-state index is 0.549. The zero-order chi connectivity index (χ0) is 15.9. The van der Waals surface area contributed by atoms with Crippen LogP contribution >= 0.6 is 11.8 Å². The maximum absolute atomic E-state index is 4.32. The lowest BCUT2D eigenvalue weighted by Gasteiger charge is -2.11. The van der Waals surface area contributed by atoms with E-state index >= 15 is 0 Å². The SMILES string of the molecule is CC(C)CSc1n[nH]c(N/N=C\c2ccc(N(C)C)cc2)n1. The largest absolute Gasteiger partial charge is 0.378 e. The molecule has 1 heterocycles. The number of aromatic nitrogens is 3. The normalized spacial score (nSPS) is 11.3. The monoisotopic (exact) mass is 318 g/mol. The molecule has 0 saturated heterocycles. The number of nitrogens with zero attached hydrogens (tertiary/aromatic N) is 4. The van der Waals surface area contributed by atoms with E-state index in [1.165, 1.54) is 0 Å². The first-order valence-electron chi connectivity index (χ1n) is 7.16. The molecule has 0 bridgehead atoms. The quantitative estimate of drug-likeness (QED) is 0.466. The van der Waals surface area contributed by atoms with Crippen molar-refractivity contribution in [2.24, 2.45) is 11.0 Å². The Morgan fingerprint density at radius 3 is 2.68 bits per heavy atom. The van der Waals surface area contributed by atoms with Gasteiger partial charge in [0.2, 0.25) is 11.1 Å². The van der Waals surface area contributed by atoms with Crippen molar-refractivity contribution in [3.05, 3.63) is 29.8 Å². The van der Waals surface area contributed by atoms with Crippen LogP contribution in [0.25, 0.3) is 0 Å². The van der Waals surface area contributed by atoms with E-state index in [4.69, 9.17) is 0 Å². The molecule has 0 saturated carbocycles. The highest BCUT2D eigenvalue weighted by Crippen LogP contribution is 2.17. The summed E-state index contributed by atoms with van der Waals surface area (Å²) in [6.45, 7) is 4.34. The molecule has 2 rings (SSSR count). The zero-order valence-electron chi connectivity index (χ0n) is 13.4. The Labute approximate surface area is 135 Å². The van der Waals surface area contributed by atoms with Crippen molar-refractivity contribution >= 4 is 29.6 Å². The first-order valence-corrected chi connectivity index (χ1v) is 8.15. The van der Waals surface area contributed by atoms with E-state index in [0.29, 0.717) is 11.9 Å². The summed E-state index contributed by atoms with van der Waals surface area (Å²) >= 11 is 1.63. The maximum atomic E-state index is 4.32. The molecule has 0 fully saturated rings. The van der Waals surface area contributed by atoms with Gasteiger partial charge in [0, 0.05) is 25.5 Å². The number of aromatic amines is 1. The van der Waals surface area contributed by atoms with Gasteiger partial charge in [-0.2, -0.15) is 10.1 Å². The predicted octanol–water partition coefficient (Wildman–Crippen LogP) is 3.06. The topological polar surface area (TPSA) is 69.2 Å². The average Bonchev–Trinajstić information content (AvgIpc) is 2.93. The van der Waals surface area contributed by atoms with E-state index in [9.17, 15) is 0 Å². The van der Waals surface area contributed by atoms with Crippen LogP contribution in [-0.4, -0.2) is 41.2 Å². The molecule has 0 aliphatic heterocycles. The second-order valence-electron chi connectivity index (χ2n) is 5.53. The predicted molar refractivity (Wildman–Crippen MR) is 93.9 cm³/mol. The Balaban J connectivity index is 1.86. The van der Waals surface area contributed by atoms with Crippen LogP contribution in [0.1, 0.15) is 19.4 Å². The summed E-state index contributed by atoms with van der Waals surface area (Å²) in [4.78, 5) is 6.38. The Bertz CT molecular complexity index is 603. The second-order valence-corrected chi connectivity index (χ2v) is 6.51. The number of H-pyrrole nitrogens is 1. The van der Waals surface area contributed by atoms with Gasteiger partial charge in [-0.25, -0.2) is 10.5 Å². The molecule has 2 aromatic rings. The van der Waals surface area contributed by atoms with Gasteiger partial charge in [0.05, 0.1) is 6.21 Å². The fourth-order valence-electron chi connectivity index (χ4n) is 1.63. The maximum Gasteiger partial charge on any atom is 0.240 e. The molecule has 2 N–H and O–H groups in total. The molecule has 7 heteroatoms. The van der Waals surface area contributed by atoms with E-state index in [0.717, 1.165) is 22.2 Å². The summed E-state index contributed by atoms with van der Waals surface area (Å²) in [6.07, 6.45) is 1.75. The number of benzene rings is 1. The van der Waals surface area contributed by atoms with Crippen LogP contribution in [0, 0.1) is 5.92 Å². The van der Waals surface area contributed by atoms with E-state index < -0.39 is 0 Å². The zero-order valence-corrected chi connectivity index (χ0v) is 14.2. The minimum absolute atomic E-state index is 0.549. The Kier molecular flexibility index (Phi) is 5.83. The first-order chi connectivity index (χ1) is 10.5. The van der Waals surface area contributed by atoms with E-state index in [-0.39, 0.29) is 0 Å². The molecule has 0 radical (unpaired) electrons. The van der Waals surface area contributed by atoms with Crippen LogP contribution in [0.3, 0.4) is 0 Å². The van der Waals surface area contributed by atoms with Gasteiger partial charge in [-0.05, 0) is 23.6 Å². The van der Waals surface area contributed by atoms with Crippen molar-refractivity contribution in [3.63, 3.8) is 0 Å². The molecular formula is C15H22N6S. The molecule has 118 valence electrons. The highest BCUT2D eigenvalue weighted by atomic mass is 32.2. The summed E-state index contributed by atoms with van der Waals surface area (Å²) in [5.74, 6) is 2.16. The van der Waals surface area contributed by atoms with Crippen LogP contribution in [0.5, 0.6) is 0 Å². The third kappa shape index (κ3) is 5.07. The number of anilines is 2. The number of hydrogen-bond donors (Lipinski definition) is 2. The molecular weight excluding hydrogens is 296 g/mol. The molecule has 1 aromatic heterocycles. The summed E-state index contributed by atoms with van der Waals surface area (Å²) < 4.78 is 0. The van der Waals surface area contributed by atoms with Gasteiger partial charge in [-0.3, -0.25) is 0 Å². The van der Waals surface area contributed by atoms with Gasteiger partial charge in [0.15, 0.2) is 0 Å². The fraction of sp³-hybridized carbons (Fsp3) is 0.400. The van der Waals surface area contributed by atoms with Gasteiger partial charge in [-0.1, -0.05) is 37.7 Å². The van der Waals surface area contributed by atoms with Crippen molar-refractivity contribution < 1.29 is 0 Å². The van der Waals surface area contributed by atoms with E-state index in [2.05, 4.69) is 56.6 Å². The number of hydrazone groups is 1. The van der Waals surface area contributed by atoms with Gasteiger partial charge < -0.3 is 4.90 Å².